The molecule has 1 aromatic carbocycles. The fourth-order valence-electron chi connectivity index (χ4n) is 1.14. The van der Waals surface area contributed by atoms with E-state index in [1.165, 1.54) is 20.1 Å². The Labute approximate surface area is 85.2 Å². The van der Waals surface area contributed by atoms with E-state index in [4.69, 9.17) is 0 Å². The van der Waals surface area contributed by atoms with Gasteiger partial charge in [0.2, 0.25) is 0 Å². The van der Waals surface area contributed by atoms with Crippen LogP contribution in [0, 0.1) is 17.0 Å². The molecule has 0 atom stereocenters. The molecule has 0 aliphatic rings. The van der Waals surface area contributed by atoms with Gasteiger partial charge in [-0.25, -0.2) is 4.79 Å². The summed E-state index contributed by atoms with van der Waals surface area (Å²) in [6.07, 6.45) is 0. The SMILES string of the molecule is COC(=O)c1cc(C)c(O)c([N+](=O)[O-])c1. The zero-order valence-corrected chi connectivity index (χ0v) is 8.18. The molecule has 0 saturated heterocycles. The number of nitrogens with zero attached hydrogens (tertiary/aromatic N) is 1. The Balaban J connectivity index is 3.35. The van der Waals surface area contributed by atoms with Gasteiger partial charge in [0.1, 0.15) is 0 Å². The Morgan fingerprint density at radius 3 is 2.60 bits per heavy atom. The molecule has 0 bridgehead atoms. The zero-order valence-electron chi connectivity index (χ0n) is 8.18. The van der Waals surface area contributed by atoms with Crippen LogP contribution in [0.15, 0.2) is 12.1 Å². The molecule has 80 valence electrons. The van der Waals surface area contributed by atoms with Gasteiger partial charge in [-0.3, -0.25) is 10.1 Å². The molecule has 0 aromatic heterocycles. The summed E-state index contributed by atoms with van der Waals surface area (Å²) in [5.74, 6) is -1.12. The number of carbonyl (C=O) groups is 1. The number of phenolic OH excluding ortho intramolecular Hbond substituents is 1. The zero-order chi connectivity index (χ0) is 11.6. The molecule has 0 aliphatic heterocycles. The van der Waals surface area contributed by atoms with Gasteiger partial charge in [-0.1, -0.05) is 0 Å². The van der Waals surface area contributed by atoms with Crippen LogP contribution >= 0.6 is 0 Å². The van der Waals surface area contributed by atoms with Crippen molar-refractivity contribution in [1.82, 2.24) is 0 Å². The lowest BCUT2D eigenvalue weighted by molar-refractivity contribution is -0.385. The van der Waals surface area contributed by atoms with Gasteiger partial charge in [-0.2, -0.15) is 0 Å². The van der Waals surface area contributed by atoms with E-state index in [-0.39, 0.29) is 11.1 Å². The first-order valence-corrected chi connectivity index (χ1v) is 4.03. The summed E-state index contributed by atoms with van der Waals surface area (Å²) in [6, 6.07) is 2.31. The third-order valence-electron chi connectivity index (χ3n) is 1.90. The second-order valence-electron chi connectivity index (χ2n) is 2.91. The number of rotatable bonds is 2. The average Bonchev–Trinajstić information content (AvgIpc) is 2.20. The van der Waals surface area contributed by atoms with Crippen molar-refractivity contribution in [3.8, 4) is 5.75 Å². The van der Waals surface area contributed by atoms with Crippen molar-refractivity contribution in [2.75, 3.05) is 7.11 Å². The highest BCUT2D eigenvalue weighted by atomic mass is 16.6. The van der Waals surface area contributed by atoms with E-state index in [0.29, 0.717) is 0 Å². The Bertz CT molecular complexity index is 427. The number of aryl methyl sites for hydroxylation is 1. The Kier molecular flexibility index (Phi) is 2.89. The van der Waals surface area contributed by atoms with Crippen molar-refractivity contribution < 1.29 is 19.6 Å². The molecule has 15 heavy (non-hydrogen) atoms. The highest BCUT2D eigenvalue weighted by Gasteiger charge is 2.19. The molecular formula is C9H9NO5. The second-order valence-corrected chi connectivity index (χ2v) is 2.91. The number of aromatic hydroxyl groups is 1. The molecule has 0 radical (unpaired) electrons. The number of nitro benzene ring substituents is 1. The fourth-order valence-corrected chi connectivity index (χ4v) is 1.14. The molecule has 0 heterocycles. The van der Waals surface area contributed by atoms with Crippen LogP contribution in [0.1, 0.15) is 15.9 Å². The van der Waals surface area contributed by atoms with Gasteiger partial charge in [-0.05, 0) is 18.6 Å². The van der Waals surface area contributed by atoms with Crippen LogP contribution in [-0.2, 0) is 4.74 Å². The van der Waals surface area contributed by atoms with Crippen LogP contribution < -0.4 is 0 Å². The highest BCUT2D eigenvalue weighted by molar-refractivity contribution is 5.91. The smallest absolute Gasteiger partial charge is 0.338 e. The third-order valence-corrected chi connectivity index (χ3v) is 1.90. The summed E-state index contributed by atoms with van der Waals surface area (Å²) in [5.41, 5.74) is -0.209. The van der Waals surface area contributed by atoms with Gasteiger partial charge in [0, 0.05) is 6.07 Å². The second kappa shape index (κ2) is 3.95. The molecule has 0 fully saturated rings. The summed E-state index contributed by atoms with van der Waals surface area (Å²) < 4.78 is 4.42. The minimum absolute atomic E-state index is 0.0412. The van der Waals surface area contributed by atoms with Gasteiger partial charge < -0.3 is 9.84 Å². The number of carbonyl (C=O) groups excluding carboxylic acids is 1. The van der Waals surface area contributed by atoms with Crippen molar-refractivity contribution in [2.45, 2.75) is 6.92 Å². The van der Waals surface area contributed by atoms with Crippen molar-refractivity contribution in [3.63, 3.8) is 0 Å². The van der Waals surface area contributed by atoms with Gasteiger partial charge in [-0.15, -0.1) is 0 Å². The summed E-state index contributed by atoms with van der Waals surface area (Å²) in [4.78, 5) is 20.9. The minimum atomic E-state index is -0.755. The summed E-state index contributed by atoms with van der Waals surface area (Å²) in [7, 11) is 1.18. The van der Waals surface area contributed by atoms with Crippen molar-refractivity contribution >= 4 is 11.7 Å². The molecule has 1 N–H and O–H groups in total. The topological polar surface area (TPSA) is 89.7 Å². The number of esters is 1. The summed E-state index contributed by atoms with van der Waals surface area (Å²) in [5, 5.41) is 19.9. The molecule has 1 aromatic rings. The van der Waals surface area contributed by atoms with Crippen LogP contribution in [0.4, 0.5) is 5.69 Å². The van der Waals surface area contributed by atoms with Crippen molar-refractivity contribution in [2.24, 2.45) is 0 Å². The normalized spacial score (nSPS) is 9.73. The molecule has 6 heteroatoms. The average molecular weight is 211 g/mol. The predicted molar refractivity (Wildman–Crippen MR) is 50.8 cm³/mol. The highest BCUT2D eigenvalue weighted by Crippen LogP contribution is 2.30. The van der Waals surface area contributed by atoms with E-state index in [1.807, 2.05) is 0 Å². The van der Waals surface area contributed by atoms with Crippen LogP contribution in [0.25, 0.3) is 0 Å². The van der Waals surface area contributed by atoms with Crippen LogP contribution in [0.5, 0.6) is 5.75 Å². The van der Waals surface area contributed by atoms with Gasteiger partial charge in [0.05, 0.1) is 17.6 Å². The van der Waals surface area contributed by atoms with E-state index in [9.17, 15) is 20.0 Å². The number of phenols is 1. The number of hydrogen-bond acceptors (Lipinski definition) is 5. The lowest BCUT2D eigenvalue weighted by atomic mass is 10.1. The standard InChI is InChI=1S/C9H9NO5/c1-5-3-6(9(12)15-2)4-7(8(5)11)10(13)14/h3-4,11H,1-2H3. The molecule has 0 aliphatic carbocycles. The fraction of sp³-hybridized carbons (Fsp3) is 0.222. The van der Waals surface area contributed by atoms with E-state index < -0.39 is 22.3 Å². The number of hydrogen-bond donors (Lipinski definition) is 1. The number of benzene rings is 1. The lowest BCUT2D eigenvalue weighted by Gasteiger charge is -2.03. The van der Waals surface area contributed by atoms with Crippen LogP contribution in [0.3, 0.4) is 0 Å². The Morgan fingerprint density at radius 2 is 2.13 bits per heavy atom. The summed E-state index contributed by atoms with van der Waals surface area (Å²) in [6.45, 7) is 1.47. The minimum Gasteiger partial charge on any atom is -0.502 e. The molecule has 0 unspecified atom stereocenters. The van der Waals surface area contributed by atoms with E-state index in [0.717, 1.165) is 6.07 Å². The maximum absolute atomic E-state index is 11.1. The third kappa shape index (κ3) is 2.04. The molecule has 0 spiro atoms. The largest absolute Gasteiger partial charge is 0.502 e. The predicted octanol–water partition coefficient (Wildman–Crippen LogP) is 1.40. The maximum Gasteiger partial charge on any atom is 0.338 e. The van der Waals surface area contributed by atoms with E-state index in [2.05, 4.69) is 4.74 Å². The molecule has 0 saturated carbocycles. The molecule has 0 amide bonds. The first-order chi connectivity index (χ1) is 6.97. The monoisotopic (exact) mass is 211 g/mol. The lowest BCUT2D eigenvalue weighted by Crippen LogP contribution is -2.03. The Hall–Kier alpha value is -2.11. The van der Waals surface area contributed by atoms with Crippen LogP contribution in [0.2, 0.25) is 0 Å². The van der Waals surface area contributed by atoms with Crippen molar-refractivity contribution in [1.29, 1.82) is 0 Å². The Morgan fingerprint density at radius 1 is 1.53 bits per heavy atom. The number of methoxy groups -OCH3 is 1. The molecule has 1 rings (SSSR count). The summed E-state index contributed by atoms with van der Waals surface area (Å²) >= 11 is 0. The first kappa shape index (κ1) is 11.0. The quantitative estimate of drug-likeness (QED) is 0.453. The number of nitro groups is 1. The molecule has 6 nitrogen and oxygen atoms in total. The van der Waals surface area contributed by atoms with Gasteiger partial charge in [0.15, 0.2) is 5.75 Å². The molecular weight excluding hydrogens is 202 g/mol. The van der Waals surface area contributed by atoms with E-state index in [1.54, 1.807) is 0 Å². The van der Waals surface area contributed by atoms with Crippen molar-refractivity contribution in [3.05, 3.63) is 33.4 Å². The van der Waals surface area contributed by atoms with Gasteiger partial charge >= 0.3 is 11.7 Å². The van der Waals surface area contributed by atoms with E-state index >= 15 is 0 Å². The first-order valence-electron chi connectivity index (χ1n) is 4.03. The maximum atomic E-state index is 11.1. The van der Waals surface area contributed by atoms with Gasteiger partial charge in [0.25, 0.3) is 0 Å². The van der Waals surface area contributed by atoms with Crippen LogP contribution in [-0.4, -0.2) is 23.1 Å². The number of ether oxygens (including phenoxy) is 1.